The van der Waals surface area contributed by atoms with Crippen molar-refractivity contribution in [3.05, 3.63) is 58.9 Å². The second kappa shape index (κ2) is 7.27. The summed E-state index contributed by atoms with van der Waals surface area (Å²) in [5, 5.41) is 3.98. The van der Waals surface area contributed by atoms with Crippen LogP contribution < -0.4 is 10.1 Å². The van der Waals surface area contributed by atoms with Gasteiger partial charge in [0.05, 0.1) is 12.1 Å². The van der Waals surface area contributed by atoms with Crippen molar-refractivity contribution in [1.29, 1.82) is 0 Å². The smallest absolute Gasteiger partial charge is 0.137 e. The van der Waals surface area contributed by atoms with Crippen LogP contribution in [0.1, 0.15) is 23.6 Å². The number of halogens is 1. The maximum absolute atomic E-state index is 6.06. The molecule has 0 bridgehead atoms. The minimum absolute atomic E-state index is 0.273. The number of rotatable bonds is 6. The highest BCUT2D eigenvalue weighted by atomic mass is 35.5. The largest absolute Gasteiger partial charge is 0.495 e. The molecule has 4 heteroatoms. The van der Waals surface area contributed by atoms with Crippen LogP contribution in [0.15, 0.2) is 42.7 Å². The molecule has 106 valence electrons. The van der Waals surface area contributed by atoms with Crippen molar-refractivity contribution in [3.8, 4) is 5.75 Å². The first-order chi connectivity index (χ1) is 9.74. The number of methoxy groups -OCH3 is 1. The number of ether oxygens (including phenoxy) is 1. The van der Waals surface area contributed by atoms with Crippen molar-refractivity contribution in [2.24, 2.45) is 0 Å². The molecule has 0 fully saturated rings. The van der Waals surface area contributed by atoms with E-state index in [4.69, 9.17) is 16.3 Å². The van der Waals surface area contributed by atoms with Gasteiger partial charge in [0.2, 0.25) is 0 Å². The Balaban J connectivity index is 2.08. The van der Waals surface area contributed by atoms with Gasteiger partial charge in [0.15, 0.2) is 0 Å². The normalized spacial score (nSPS) is 12.2. The third-order valence-electron chi connectivity index (χ3n) is 3.40. The summed E-state index contributed by atoms with van der Waals surface area (Å²) in [4.78, 5) is 4.04. The summed E-state index contributed by atoms with van der Waals surface area (Å²) in [6.45, 7) is 0. The molecule has 0 aliphatic heterocycles. The molecule has 3 nitrogen and oxygen atoms in total. The predicted molar refractivity (Wildman–Crippen MR) is 82.4 cm³/mol. The summed E-state index contributed by atoms with van der Waals surface area (Å²) in [5.41, 5.74) is 2.48. The third kappa shape index (κ3) is 3.71. The van der Waals surface area contributed by atoms with Gasteiger partial charge in [-0.05, 0) is 55.3 Å². The van der Waals surface area contributed by atoms with Gasteiger partial charge in [-0.2, -0.15) is 0 Å². The lowest BCUT2D eigenvalue weighted by Crippen LogP contribution is -2.17. The van der Waals surface area contributed by atoms with E-state index in [0.717, 1.165) is 12.8 Å². The van der Waals surface area contributed by atoms with Crippen LogP contribution in [0.4, 0.5) is 0 Å². The van der Waals surface area contributed by atoms with Crippen molar-refractivity contribution in [1.82, 2.24) is 10.3 Å². The number of nitrogens with zero attached hydrogens (tertiary/aromatic N) is 1. The van der Waals surface area contributed by atoms with E-state index in [1.165, 1.54) is 11.1 Å². The van der Waals surface area contributed by atoms with Crippen molar-refractivity contribution in [3.63, 3.8) is 0 Å². The van der Waals surface area contributed by atoms with Crippen LogP contribution in [0.25, 0.3) is 0 Å². The van der Waals surface area contributed by atoms with Crippen LogP contribution in [0.2, 0.25) is 5.02 Å². The Bertz CT molecular complexity index is 545. The van der Waals surface area contributed by atoms with E-state index in [2.05, 4.69) is 22.4 Å². The summed E-state index contributed by atoms with van der Waals surface area (Å²) >= 11 is 6.06. The number of benzene rings is 1. The van der Waals surface area contributed by atoms with Crippen molar-refractivity contribution in [2.75, 3.05) is 14.2 Å². The second-order valence-corrected chi connectivity index (χ2v) is 5.04. The Morgan fingerprint density at radius 3 is 2.65 bits per heavy atom. The molecule has 1 unspecified atom stereocenters. The fourth-order valence-electron chi connectivity index (χ4n) is 2.23. The van der Waals surface area contributed by atoms with Crippen LogP contribution in [0.5, 0.6) is 5.75 Å². The molecule has 0 spiro atoms. The van der Waals surface area contributed by atoms with Crippen LogP contribution in [0, 0.1) is 0 Å². The number of aromatic nitrogens is 1. The van der Waals surface area contributed by atoms with E-state index >= 15 is 0 Å². The standard InChI is InChI=1S/C16H19ClN2O/c1-18-15(6-3-12-7-9-19-10-8-12)13-4-5-14(17)16(11-13)20-2/h4-5,7-11,15,18H,3,6H2,1-2H3. The fourth-order valence-corrected chi connectivity index (χ4v) is 2.43. The Labute approximate surface area is 124 Å². The minimum Gasteiger partial charge on any atom is -0.495 e. The number of pyridine rings is 1. The molecule has 0 aliphatic carbocycles. The number of nitrogens with one attached hydrogen (secondary N) is 1. The summed E-state index contributed by atoms with van der Waals surface area (Å²) in [6.07, 6.45) is 5.66. The average molecular weight is 291 g/mol. The lowest BCUT2D eigenvalue weighted by Gasteiger charge is -2.18. The maximum atomic E-state index is 6.06. The number of hydrogen-bond acceptors (Lipinski definition) is 3. The zero-order chi connectivity index (χ0) is 14.4. The van der Waals surface area contributed by atoms with Gasteiger partial charge in [0.25, 0.3) is 0 Å². The van der Waals surface area contributed by atoms with Gasteiger partial charge in [-0.25, -0.2) is 0 Å². The van der Waals surface area contributed by atoms with Crippen LogP contribution >= 0.6 is 11.6 Å². The molecular formula is C16H19ClN2O. The molecule has 0 saturated carbocycles. The number of hydrogen-bond donors (Lipinski definition) is 1. The Morgan fingerprint density at radius 2 is 2.00 bits per heavy atom. The van der Waals surface area contributed by atoms with Gasteiger partial charge in [0, 0.05) is 18.4 Å². The molecule has 2 rings (SSSR count). The van der Waals surface area contributed by atoms with Crippen LogP contribution in [-0.2, 0) is 6.42 Å². The highest BCUT2D eigenvalue weighted by molar-refractivity contribution is 6.32. The lowest BCUT2D eigenvalue weighted by atomic mass is 9.99. The molecule has 1 aromatic heterocycles. The van der Waals surface area contributed by atoms with Gasteiger partial charge in [-0.3, -0.25) is 4.98 Å². The zero-order valence-electron chi connectivity index (χ0n) is 11.8. The van der Waals surface area contributed by atoms with E-state index in [-0.39, 0.29) is 6.04 Å². The van der Waals surface area contributed by atoms with E-state index in [1.807, 2.05) is 37.6 Å². The quantitative estimate of drug-likeness (QED) is 0.882. The van der Waals surface area contributed by atoms with E-state index < -0.39 is 0 Å². The molecule has 0 saturated heterocycles. The molecule has 1 N–H and O–H groups in total. The van der Waals surface area contributed by atoms with Crippen molar-refractivity contribution < 1.29 is 4.74 Å². The van der Waals surface area contributed by atoms with Gasteiger partial charge in [0.1, 0.15) is 5.75 Å². The van der Waals surface area contributed by atoms with Gasteiger partial charge >= 0.3 is 0 Å². The summed E-state index contributed by atoms with van der Waals surface area (Å²) < 4.78 is 5.28. The topological polar surface area (TPSA) is 34.2 Å². The Kier molecular flexibility index (Phi) is 5.39. The molecule has 20 heavy (non-hydrogen) atoms. The van der Waals surface area contributed by atoms with Gasteiger partial charge in [-0.15, -0.1) is 0 Å². The highest BCUT2D eigenvalue weighted by Gasteiger charge is 2.12. The molecular weight excluding hydrogens is 272 g/mol. The van der Waals surface area contributed by atoms with Crippen molar-refractivity contribution in [2.45, 2.75) is 18.9 Å². The molecule has 0 amide bonds. The lowest BCUT2D eigenvalue weighted by molar-refractivity contribution is 0.413. The maximum Gasteiger partial charge on any atom is 0.137 e. The third-order valence-corrected chi connectivity index (χ3v) is 3.71. The Hall–Kier alpha value is -1.58. The minimum atomic E-state index is 0.273. The predicted octanol–water partition coefficient (Wildman–Crippen LogP) is 3.64. The molecule has 0 radical (unpaired) electrons. The van der Waals surface area contributed by atoms with Gasteiger partial charge in [-0.1, -0.05) is 17.7 Å². The fraction of sp³-hybridized carbons (Fsp3) is 0.312. The molecule has 1 atom stereocenters. The monoisotopic (exact) mass is 290 g/mol. The summed E-state index contributed by atoms with van der Waals surface area (Å²) in [6, 6.07) is 10.3. The first-order valence-corrected chi connectivity index (χ1v) is 7.02. The van der Waals surface area contributed by atoms with Crippen LogP contribution in [-0.4, -0.2) is 19.1 Å². The van der Waals surface area contributed by atoms with Gasteiger partial charge < -0.3 is 10.1 Å². The van der Waals surface area contributed by atoms with E-state index in [0.29, 0.717) is 10.8 Å². The average Bonchev–Trinajstić information content (AvgIpc) is 2.50. The molecule has 0 aliphatic rings. The Morgan fingerprint density at radius 1 is 1.25 bits per heavy atom. The van der Waals surface area contributed by atoms with Crippen molar-refractivity contribution >= 4 is 11.6 Å². The SMILES string of the molecule is CNC(CCc1ccncc1)c1ccc(Cl)c(OC)c1. The molecule has 2 aromatic rings. The zero-order valence-corrected chi connectivity index (χ0v) is 12.5. The second-order valence-electron chi connectivity index (χ2n) is 4.63. The van der Waals surface area contributed by atoms with Crippen LogP contribution in [0.3, 0.4) is 0 Å². The first kappa shape index (κ1) is 14.8. The summed E-state index contributed by atoms with van der Waals surface area (Å²) in [5.74, 6) is 0.716. The molecule has 1 heterocycles. The summed E-state index contributed by atoms with van der Waals surface area (Å²) in [7, 11) is 3.61. The molecule has 1 aromatic carbocycles. The number of aryl methyl sites for hydroxylation is 1. The van der Waals surface area contributed by atoms with E-state index in [9.17, 15) is 0 Å². The first-order valence-electron chi connectivity index (χ1n) is 6.64. The van der Waals surface area contributed by atoms with E-state index in [1.54, 1.807) is 7.11 Å². The highest BCUT2D eigenvalue weighted by Crippen LogP contribution is 2.29.